The largest absolute Gasteiger partial charge is 0.489 e. The Morgan fingerprint density at radius 2 is 2.00 bits per heavy atom. The van der Waals surface area contributed by atoms with Gasteiger partial charge in [0.25, 0.3) is 0 Å². The van der Waals surface area contributed by atoms with E-state index in [9.17, 15) is 0 Å². The zero-order valence-electron chi connectivity index (χ0n) is 11.1. The number of benzene rings is 1. The van der Waals surface area contributed by atoms with Crippen LogP contribution in [0.2, 0.25) is 0 Å². The molecule has 1 rings (SSSR count). The van der Waals surface area contributed by atoms with Crippen LogP contribution in [-0.2, 0) is 5.41 Å². The minimum atomic E-state index is 0.170. The van der Waals surface area contributed by atoms with Crippen molar-refractivity contribution >= 4 is 11.6 Å². The summed E-state index contributed by atoms with van der Waals surface area (Å²) < 4.78 is 5.67. The molecular formula is C15H21ClO. The summed E-state index contributed by atoms with van der Waals surface area (Å²) in [6, 6.07) is 6.32. The fraction of sp³-hybridized carbons (Fsp3) is 0.467. The standard InChI is InChI=1S/C15H21ClO/c1-11(9-16)10-17-14-7-6-13(8-12(14)2)15(3,4)5/h6-8H,1,9-10H2,2-5H3. The monoisotopic (exact) mass is 252 g/mol. The number of ether oxygens (including phenoxy) is 1. The Hall–Kier alpha value is -0.950. The molecule has 0 amide bonds. The SMILES string of the molecule is C=C(CCl)COc1ccc(C(C)(C)C)cc1C. The van der Waals surface area contributed by atoms with E-state index in [1.807, 2.05) is 6.07 Å². The molecule has 0 N–H and O–H groups in total. The van der Waals surface area contributed by atoms with Crippen molar-refractivity contribution in [3.63, 3.8) is 0 Å². The predicted molar refractivity (Wildman–Crippen MR) is 75.2 cm³/mol. The summed E-state index contributed by atoms with van der Waals surface area (Å²) in [5, 5.41) is 0. The van der Waals surface area contributed by atoms with E-state index in [4.69, 9.17) is 16.3 Å². The number of aryl methyl sites for hydroxylation is 1. The molecule has 1 aromatic rings. The predicted octanol–water partition coefficient (Wildman–Crippen LogP) is 4.47. The zero-order chi connectivity index (χ0) is 13.1. The lowest BCUT2D eigenvalue weighted by Crippen LogP contribution is -2.11. The highest BCUT2D eigenvalue weighted by Crippen LogP contribution is 2.27. The van der Waals surface area contributed by atoms with E-state index < -0.39 is 0 Å². The highest BCUT2D eigenvalue weighted by Gasteiger charge is 2.14. The topological polar surface area (TPSA) is 9.23 Å². The van der Waals surface area contributed by atoms with Crippen molar-refractivity contribution in [1.82, 2.24) is 0 Å². The molecule has 17 heavy (non-hydrogen) atoms. The molecule has 94 valence electrons. The lowest BCUT2D eigenvalue weighted by molar-refractivity contribution is 0.350. The van der Waals surface area contributed by atoms with Crippen LogP contribution in [0.5, 0.6) is 5.75 Å². The summed E-state index contributed by atoms with van der Waals surface area (Å²) in [4.78, 5) is 0. The molecule has 0 radical (unpaired) electrons. The molecule has 0 fully saturated rings. The van der Waals surface area contributed by atoms with Gasteiger partial charge in [-0.2, -0.15) is 0 Å². The third-order valence-corrected chi connectivity index (χ3v) is 3.04. The van der Waals surface area contributed by atoms with Gasteiger partial charge in [0.15, 0.2) is 0 Å². The summed E-state index contributed by atoms with van der Waals surface area (Å²) in [5.74, 6) is 1.35. The van der Waals surface area contributed by atoms with Gasteiger partial charge in [-0.25, -0.2) is 0 Å². The molecule has 1 nitrogen and oxygen atoms in total. The molecule has 0 bridgehead atoms. The van der Waals surface area contributed by atoms with E-state index in [-0.39, 0.29) is 5.41 Å². The summed E-state index contributed by atoms with van der Waals surface area (Å²) in [6.45, 7) is 13.0. The first kappa shape index (κ1) is 14.1. The van der Waals surface area contributed by atoms with Gasteiger partial charge in [0.1, 0.15) is 12.4 Å². The van der Waals surface area contributed by atoms with Crippen LogP contribution in [-0.4, -0.2) is 12.5 Å². The first-order valence-corrected chi connectivity index (χ1v) is 6.34. The van der Waals surface area contributed by atoms with Crippen LogP contribution in [0.1, 0.15) is 31.9 Å². The smallest absolute Gasteiger partial charge is 0.122 e. The fourth-order valence-corrected chi connectivity index (χ4v) is 1.57. The Morgan fingerprint density at radius 3 is 2.47 bits per heavy atom. The molecule has 2 heteroatoms. The molecule has 0 spiro atoms. The molecule has 0 unspecified atom stereocenters. The quantitative estimate of drug-likeness (QED) is 0.568. The van der Waals surface area contributed by atoms with Crippen molar-refractivity contribution in [1.29, 1.82) is 0 Å². The zero-order valence-corrected chi connectivity index (χ0v) is 11.9. The average molecular weight is 253 g/mol. The number of alkyl halides is 1. The van der Waals surface area contributed by atoms with Crippen LogP contribution in [0, 0.1) is 6.92 Å². The Balaban J connectivity index is 2.80. The third-order valence-electron chi connectivity index (χ3n) is 2.66. The van der Waals surface area contributed by atoms with Crippen LogP contribution in [0.3, 0.4) is 0 Å². The van der Waals surface area contributed by atoms with Gasteiger partial charge in [0.05, 0.1) is 0 Å². The van der Waals surface area contributed by atoms with Gasteiger partial charge in [-0.1, -0.05) is 39.5 Å². The summed E-state index contributed by atoms with van der Waals surface area (Å²) in [6.07, 6.45) is 0. The second-order valence-corrected chi connectivity index (χ2v) is 5.67. The normalized spacial score (nSPS) is 11.4. The van der Waals surface area contributed by atoms with Crippen LogP contribution in [0.25, 0.3) is 0 Å². The van der Waals surface area contributed by atoms with E-state index in [0.29, 0.717) is 12.5 Å². The van der Waals surface area contributed by atoms with E-state index in [1.165, 1.54) is 5.56 Å². The second kappa shape index (κ2) is 5.59. The molecule has 0 saturated heterocycles. The van der Waals surface area contributed by atoms with Gasteiger partial charge < -0.3 is 4.74 Å². The van der Waals surface area contributed by atoms with Gasteiger partial charge >= 0.3 is 0 Å². The average Bonchev–Trinajstić information content (AvgIpc) is 2.25. The van der Waals surface area contributed by atoms with Crippen molar-refractivity contribution in [3.05, 3.63) is 41.5 Å². The lowest BCUT2D eigenvalue weighted by atomic mass is 9.86. The minimum absolute atomic E-state index is 0.170. The number of hydrogen-bond acceptors (Lipinski definition) is 1. The molecule has 0 aliphatic carbocycles. The highest BCUT2D eigenvalue weighted by molar-refractivity contribution is 6.19. The van der Waals surface area contributed by atoms with Gasteiger partial charge in [-0.05, 0) is 35.1 Å². The molecule has 0 saturated carbocycles. The maximum absolute atomic E-state index is 5.67. The van der Waals surface area contributed by atoms with Gasteiger partial charge in [0.2, 0.25) is 0 Å². The maximum Gasteiger partial charge on any atom is 0.122 e. The van der Waals surface area contributed by atoms with Crippen LogP contribution < -0.4 is 4.74 Å². The second-order valence-electron chi connectivity index (χ2n) is 5.40. The van der Waals surface area contributed by atoms with Crippen LogP contribution in [0.15, 0.2) is 30.4 Å². The van der Waals surface area contributed by atoms with Gasteiger partial charge in [-0.3, -0.25) is 0 Å². The fourth-order valence-electron chi connectivity index (χ4n) is 1.50. The van der Waals surface area contributed by atoms with Crippen molar-refractivity contribution < 1.29 is 4.74 Å². The Bertz CT molecular complexity index is 402. The van der Waals surface area contributed by atoms with E-state index in [1.54, 1.807) is 0 Å². The highest BCUT2D eigenvalue weighted by atomic mass is 35.5. The first-order valence-electron chi connectivity index (χ1n) is 5.81. The lowest BCUT2D eigenvalue weighted by Gasteiger charge is -2.20. The van der Waals surface area contributed by atoms with Crippen molar-refractivity contribution in [3.8, 4) is 5.75 Å². The van der Waals surface area contributed by atoms with Crippen molar-refractivity contribution in [2.75, 3.05) is 12.5 Å². The maximum atomic E-state index is 5.67. The molecular weight excluding hydrogens is 232 g/mol. The molecule has 0 aromatic heterocycles. The molecule has 0 aliphatic rings. The summed E-state index contributed by atoms with van der Waals surface area (Å²) in [7, 11) is 0. The Labute approximate surface area is 109 Å². The van der Waals surface area contributed by atoms with Gasteiger partial charge in [-0.15, -0.1) is 11.6 Å². The van der Waals surface area contributed by atoms with E-state index in [0.717, 1.165) is 16.9 Å². The Kier molecular flexibility index (Phi) is 4.64. The minimum Gasteiger partial charge on any atom is -0.489 e. The molecule has 0 aliphatic heterocycles. The molecule has 1 aromatic carbocycles. The van der Waals surface area contributed by atoms with E-state index >= 15 is 0 Å². The van der Waals surface area contributed by atoms with Crippen LogP contribution >= 0.6 is 11.6 Å². The summed E-state index contributed by atoms with van der Waals surface area (Å²) >= 11 is 5.66. The number of rotatable bonds is 4. The number of hydrogen-bond donors (Lipinski definition) is 0. The molecule has 0 heterocycles. The van der Waals surface area contributed by atoms with Crippen molar-refractivity contribution in [2.45, 2.75) is 33.1 Å². The molecule has 0 atom stereocenters. The van der Waals surface area contributed by atoms with Crippen LogP contribution in [0.4, 0.5) is 0 Å². The summed E-state index contributed by atoms with van der Waals surface area (Å²) in [5.41, 5.74) is 3.53. The first-order chi connectivity index (χ1) is 7.84. The van der Waals surface area contributed by atoms with Crippen molar-refractivity contribution in [2.24, 2.45) is 0 Å². The third kappa shape index (κ3) is 4.08. The Morgan fingerprint density at radius 1 is 1.35 bits per heavy atom. The van der Waals surface area contributed by atoms with Gasteiger partial charge in [0, 0.05) is 5.88 Å². The number of halogens is 1. The van der Waals surface area contributed by atoms with E-state index in [2.05, 4.69) is 46.4 Å².